The number of rotatable bonds is 4. The van der Waals surface area contributed by atoms with Crippen LogP contribution in [0.1, 0.15) is 28.8 Å². The molecule has 1 amide bonds. The fourth-order valence-electron chi connectivity index (χ4n) is 3.21. The van der Waals surface area contributed by atoms with Gasteiger partial charge in [0.15, 0.2) is 0 Å². The minimum absolute atomic E-state index is 0.0986. The van der Waals surface area contributed by atoms with E-state index in [1.807, 2.05) is 0 Å². The topological polar surface area (TPSA) is 72.8 Å². The van der Waals surface area contributed by atoms with Crippen molar-refractivity contribution in [2.24, 2.45) is 0 Å². The number of aromatic hydroxyl groups is 1. The number of carbonyl (C=O) groups is 1. The van der Waals surface area contributed by atoms with Crippen LogP contribution in [0, 0.1) is 5.82 Å². The summed E-state index contributed by atoms with van der Waals surface area (Å²) < 4.78 is 13.1. The molecule has 0 spiro atoms. The molecule has 26 heavy (non-hydrogen) atoms. The number of nitrogens with one attached hydrogen (secondary N) is 1. The highest BCUT2D eigenvalue weighted by Crippen LogP contribution is 2.16. The van der Waals surface area contributed by atoms with Crippen LogP contribution < -0.4 is 5.32 Å². The number of phenolic OH excluding ortho intramolecular Hbond substituents is 1. The first-order valence-corrected chi connectivity index (χ1v) is 8.76. The molecule has 3 rings (SSSR count). The van der Waals surface area contributed by atoms with Crippen molar-refractivity contribution in [2.45, 2.75) is 31.5 Å². The molecular weight excluding hydrogens is 335 g/mol. The second kappa shape index (κ2) is 8.29. The Morgan fingerprint density at radius 1 is 1.15 bits per heavy atom. The molecule has 2 aromatic carbocycles. The van der Waals surface area contributed by atoms with Crippen LogP contribution >= 0.6 is 0 Å². The number of carbonyl (C=O) groups excluding carboxylic acids is 1. The number of halogens is 1. The second-order valence-corrected chi connectivity index (χ2v) is 6.70. The summed E-state index contributed by atoms with van der Waals surface area (Å²) in [6.07, 6.45) is 0.822. The van der Waals surface area contributed by atoms with Crippen LogP contribution in [0.2, 0.25) is 0 Å². The quantitative estimate of drug-likeness (QED) is 0.784. The Hall–Kier alpha value is -2.44. The maximum Gasteiger partial charge on any atom is 0.251 e. The molecule has 0 radical (unpaired) electrons. The molecule has 5 nitrogen and oxygen atoms in total. The van der Waals surface area contributed by atoms with Gasteiger partial charge in [0.05, 0.1) is 12.1 Å². The van der Waals surface area contributed by atoms with Crippen molar-refractivity contribution in [3.05, 3.63) is 65.5 Å². The van der Waals surface area contributed by atoms with Gasteiger partial charge in [-0.1, -0.05) is 12.1 Å². The molecule has 2 aromatic rings. The van der Waals surface area contributed by atoms with Gasteiger partial charge in [-0.2, -0.15) is 0 Å². The third-order valence-electron chi connectivity index (χ3n) is 4.66. The number of likely N-dealkylation sites (tertiary alicyclic amines) is 1. The molecule has 3 N–H and O–H groups in total. The molecule has 2 atom stereocenters. The molecule has 0 aromatic heterocycles. The Labute approximate surface area is 152 Å². The minimum Gasteiger partial charge on any atom is -0.508 e. The number of phenols is 1. The molecular formula is C20H23FN2O3. The van der Waals surface area contributed by atoms with Crippen LogP contribution in [-0.2, 0) is 6.54 Å². The molecule has 1 aliphatic rings. The average Bonchev–Trinajstić information content (AvgIpc) is 2.79. The standard InChI is InChI=1S/C20H23FN2O3/c21-16-7-3-14(4-8-16)12-23-11-1-2-19(25)18(13-23)22-20(26)15-5-9-17(24)10-6-15/h3-10,18-19,24-25H,1-2,11-13H2,(H,22,26)/t18-,19-/m1/s1. The molecule has 6 heteroatoms. The van der Waals surface area contributed by atoms with Crippen molar-refractivity contribution in [1.82, 2.24) is 10.2 Å². The largest absolute Gasteiger partial charge is 0.508 e. The fraction of sp³-hybridized carbons (Fsp3) is 0.350. The van der Waals surface area contributed by atoms with E-state index in [2.05, 4.69) is 10.2 Å². The van der Waals surface area contributed by atoms with Gasteiger partial charge < -0.3 is 15.5 Å². The van der Waals surface area contributed by atoms with E-state index >= 15 is 0 Å². The SMILES string of the molecule is O=C(N[C@@H]1CN(Cc2ccc(F)cc2)CCC[C@H]1O)c1ccc(O)cc1. The summed E-state index contributed by atoms with van der Waals surface area (Å²) in [7, 11) is 0. The molecule has 1 aliphatic heterocycles. The van der Waals surface area contributed by atoms with Crippen LogP contribution in [0.4, 0.5) is 4.39 Å². The van der Waals surface area contributed by atoms with Gasteiger partial charge >= 0.3 is 0 Å². The number of hydrogen-bond acceptors (Lipinski definition) is 4. The molecule has 0 aliphatic carbocycles. The third kappa shape index (κ3) is 4.80. The Morgan fingerprint density at radius 3 is 2.54 bits per heavy atom. The number of hydrogen-bond donors (Lipinski definition) is 3. The van der Waals surface area contributed by atoms with Crippen molar-refractivity contribution in [2.75, 3.05) is 13.1 Å². The van der Waals surface area contributed by atoms with Crippen molar-refractivity contribution in [3.63, 3.8) is 0 Å². The Kier molecular flexibility index (Phi) is 5.85. The maximum absolute atomic E-state index is 13.1. The fourth-order valence-corrected chi connectivity index (χ4v) is 3.21. The lowest BCUT2D eigenvalue weighted by molar-refractivity contribution is 0.0798. The normalized spacial score (nSPS) is 21.2. The van der Waals surface area contributed by atoms with E-state index in [0.717, 1.165) is 18.5 Å². The number of nitrogens with zero attached hydrogens (tertiary/aromatic N) is 1. The predicted octanol–water partition coefficient (Wildman–Crippen LogP) is 2.29. The number of aliphatic hydroxyl groups is 1. The van der Waals surface area contributed by atoms with Gasteiger partial charge in [-0.15, -0.1) is 0 Å². The number of benzene rings is 2. The monoisotopic (exact) mass is 358 g/mol. The molecule has 1 heterocycles. The van der Waals surface area contributed by atoms with Crippen LogP contribution in [0.5, 0.6) is 5.75 Å². The molecule has 1 fully saturated rings. The van der Waals surface area contributed by atoms with Crippen molar-refractivity contribution in [3.8, 4) is 5.75 Å². The minimum atomic E-state index is -0.616. The molecule has 138 valence electrons. The van der Waals surface area contributed by atoms with Gasteiger partial charge in [0.1, 0.15) is 11.6 Å². The smallest absolute Gasteiger partial charge is 0.251 e. The highest BCUT2D eigenvalue weighted by molar-refractivity contribution is 5.94. The summed E-state index contributed by atoms with van der Waals surface area (Å²) >= 11 is 0. The first-order valence-electron chi connectivity index (χ1n) is 8.76. The summed E-state index contributed by atoms with van der Waals surface area (Å²) in [5.74, 6) is -0.446. The van der Waals surface area contributed by atoms with Crippen molar-refractivity contribution < 1.29 is 19.4 Å². The summed E-state index contributed by atoms with van der Waals surface area (Å²) in [5, 5.41) is 22.6. The van der Waals surface area contributed by atoms with E-state index in [9.17, 15) is 19.4 Å². The number of aliphatic hydroxyl groups excluding tert-OH is 1. The first kappa shape index (κ1) is 18.4. The summed E-state index contributed by atoms with van der Waals surface area (Å²) in [4.78, 5) is 14.6. The van der Waals surface area contributed by atoms with E-state index in [-0.39, 0.29) is 23.5 Å². The highest BCUT2D eigenvalue weighted by atomic mass is 19.1. The Balaban J connectivity index is 1.65. The van der Waals surface area contributed by atoms with Gasteiger partial charge in [0.2, 0.25) is 0 Å². The van der Waals surface area contributed by atoms with Gasteiger partial charge in [0, 0.05) is 18.7 Å². The lowest BCUT2D eigenvalue weighted by Gasteiger charge is -2.27. The van der Waals surface area contributed by atoms with Crippen molar-refractivity contribution in [1.29, 1.82) is 0 Å². The first-order chi connectivity index (χ1) is 12.5. The van der Waals surface area contributed by atoms with Crippen LogP contribution in [0.25, 0.3) is 0 Å². The van der Waals surface area contributed by atoms with Gasteiger partial charge in [0.25, 0.3) is 5.91 Å². The van der Waals surface area contributed by atoms with Crippen LogP contribution in [0.15, 0.2) is 48.5 Å². The average molecular weight is 358 g/mol. The molecule has 0 unspecified atom stereocenters. The Morgan fingerprint density at radius 2 is 1.85 bits per heavy atom. The molecule has 1 saturated heterocycles. The molecule has 0 saturated carbocycles. The highest BCUT2D eigenvalue weighted by Gasteiger charge is 2.27. The van der Waals surface area contributed by atoms with Crippen LogP contribution in [0.3, 0.4) is 0 Å². The summed E-state index contributed by atoms with van der Waals surface area (Å²) in [6, 6.07) is 12.0. The second-order valence-electron chi connectivity index (χ2n) is 6.70. The summed E-state index contributed by atoms with van der Waals surface area (Å²) in [5.41, 5.74) is 1.43. The van der Waals surface area contributed by atoms with Crippen molar-refractivity contribution >= 4 is 5.91 Å². The van der Waals surface area contributed by atoms with Gasteiger partial charge in [-0.05, 0) is 61.3 Å². The van der Waals surface area contributed by atoms with Gasteiger partial charge in [-0.25, -0.2) is 4.39 Å². The van der Waals surface area contributed by atoms with Crippen LogP contribution in [-0.4, -0.2) is 46.3 Å². The molecule has 0 bridgehead atoms. The predicted molar refractivity (Wildman–Crippen MR) is 96.3 cm³/mol. The lowest BCUT2D eigenvalue weighted by atomic mass is 10.1. The van der Waals surface area contributed by atoms with E-state index in [4.69, 9.17) is 0 Å². The third-order valence-corrected chi connectivity index (χ3v) is 4.66. The Bertz CT molecular complexity index is 734. The zero-order valence-electron chi connectivity index (χ0n) is 14.4. The zero-order valence-corrected chi connectivity index (χ0v) is 14.4. The maximum atomic E-state index is 13.1. The number of amides is 1. The van der Waals surface area contributed by atoms with E-state index in [1.165, 1.54) is 24.3 Å². The van der Waals surface area contributed by atoms with E-state index in [0.29, 0.717) is 25.1 Å². The zero-order chi connectivity index (χ0) is 18.5. The summed E-state index contributed by atoms with van der Waals surface area (Å²) in [6.45, 7) is 1.96. The lowest BCUT2D eigenvalue weighted by Crippen LogP contribution is -2.48. The van der Waals surface area contributed by atoms with Gasteiger partial charge in [-0.3, -0.25) is 9.69 Å². The van der Waals surface area contributed by atoms with E-state index in [1.54, 1.807) is 24.3 Å². The van der Waals surface area contributed by atoms with E-state index < -0.39 is 6.10 Å².